The maximum atomic E-state index is 11.4. The summed E-state index contributed by atoms with van der Waals surface area (Å²) in [5.41, 5.74) is 7.32. The van der Waals surface area contributed by atoms with Gasteiger partial charge < -0.3 is 10.2 Å². The predicted octanol–water partition coefficient (Wildman–Crippen LogP) is 2.16. The molecular weight excluding hydrogens is 274 g/mol. The van der Waals surface area contributed by atoms with Gasteiger partial charge in [-0.2, -0.15) is 11.3 Å². The van der Waals surface area contributed by atoms with Crippen molar-refractivity contribution in [2.45, 2.75) is 32.4 Å². The zero-order valence-corrected chi connectivity index (χ0v) is 12.2. The molecule has 1 saturated heterocycles. The molecule has 0 spiro atoms. The van der Waals surface area contributed by atoms with Crippen molar-refractivity contribution in [3.63, 3.8) is 0 Å². The van der Waals surface area contributed by atoms with Gasteiger partial charge in [0.05, 0.1) is 11.7 Å². The molecule has 106 valence electrons. The van der Waals surface area contributed by atoms with E-state index in [4.69, 9.17) is 10.2 Å². The Morgan fingerprint density at radius 3 is 3.20 bits per heavy atom. The third-order valence-electron chi connectivity index (χ3n) is 3.71. The van der Waals surface area contributed by atoms with E-state index in [9.17, 15) is 4.79 Å². The molecule has 0 radical (unpaired) electrons. The molecule has 1 fully saturated rings. The minimum atomic E-state index is -0.248. The number of rotatable bonds is 4. The molecular formula is C14H17N3O2S. The molecule has 2 aromatic rings. The predicted molar refractivity (Wildman–Crippen MR) is 77.2 cm³/mol. The maximum Gasteiger partial charge on any atom is 0.234 e. The Bertz CT molecular complexity index is 606. The standard InChI is InChI=1S/C14H17N3O2S/c1-9-11(7-17-5-2-3-12(17)13(15)18)16-14(19-9)10-4-6-20-8-10/h4,6,8,12H,2-3,5,7H2,1H3,(H2,15,18)/t12-/m0/s1. The summed E-state index contributed by atoms with van der Waals surface area (Å²) >= 11 is 1.62. The molecule has 0 saturated carbocycles. The summed E-state index contributed by atoms with van der Waals surface area (Å²) in [4.78, 5) is 18.1. The Hall–Kier alpha value is -1.66. The second kappa shape index (κ2) is 5.38. The second-order valence-corrected chi connectivity index (χ2v) is 5.84. The molecule has 1 atom stereocenters. The maximum absolute atomic E-state index is 11.4. The van der Waals surface area contributed by atoms with Crippen molar-refractivity contribution in [3.05, 3.63) is 28.3 Å². The number of likely N-dealkylation sites (tertiary alicyclic amines) is 1. The minimum Gasteiger partial charge on any atom is -0.441 e. The lowest BCUT2D eigenvalue weighted by molar-refractivity contribution is -0.122. The number of hydrogen-bond donors (Lipinski definition) is 1. The first-order valence-electron chi connectivity index (χ1n) is 6.67. The van der Waals surface area contributed by atoms with Crippen molar-refractivity contribution in [3.8, 4) is 11.5 Å². The summed E-state index contributed by atoms with van der Waals surface area (Å²) in [6, 6.07) is 1.82. The summed E-state index contributed by atoms with van der Waals surface area (Å²) in [5, 5.41) is 4.01. The molecule has 2 aromatic heterocycles. The van der Waals surface area contributed by atoms with Crippen LogP contribution in [0.5, 0.6) is 0 Å². The fraction of sp³-hybridized carbons (Fsp3) is 0.429. The number of thiophene rings is 1. The van der Waals surface area contributed by atoms with Gasteiger partial charge in [0.25, 0.3) is 0 Å². The van der Waals surface area contributed by atoms with Gasteiger partial charge in [0.15, 0.2) is 0 Å². The Morgan fingerprint density at radius 1 is 1.65 bits per heavy atom. The van der Waals surface area contributed by atoms with Gasteiger partial charge in [-0.3, -0.25) is 9.69 Å². The largest absolute Gasteiger partial charge is 0.441 e. The number of nitrogens with two attached hydrogens (primary N) is 1. The average molecular weight is 291 g/mol. The quantitative estimate of drug-likeness (QED) is 0.937. The third kappa shape index (κ3) is 2.48. The number of primary amides is 1. The van der Waals surface area contributed by atoms with E-state index >= 15 is 0 Å². The lowest BCUT2D eigenvalue weighted by Gasteiger charge is -2.20. The topological polar surface area (TPSA) is 72.4 Å². The minimum absolute atomic E-state index is 0.171. The van der Waals surface area contributed by atoms with Gasteiger partial charge >= 0.3 is 0 Å². The highest BCUT2D eigenvalue weighted by molar-refractivity contribution is 7.08. The molecule has 0 bridgehead atoms. The zero-order chi connectivity index (χ0) is 14.1. The normalized spacial score (nSPS) is 19.6. The summed E-state index contributed by atoms with van der Waals surface area (Å²) in [6.45, 7) is 3.41. The second-order valence-electron chi connectivity index (χ2n) is 5.06. The van der Waals surface area contributed by atoms with Gasteiger partial charge in [-0.1, -0.05) is 0 Å². The van der Waals surface area contributed by atoms with Gasteiger partial charge in [-0.15, -0.1) is 0 Å². The molecule has 6 heteroatoms. The Labute approximate surface area is 121 Å². The lowest BCUT2D eigenvalue weighted by Crippen LogP contribution is -2.39. The highest BCUT2D eigenvalue weighted by Gasteiger charge is 2.30. The van der Waals surface area contributed by atoms with Gasteiger partial charge in [-0.05, 0) is 37.8 Å². The monoisotopic (exact) mass is 291 g/mol. The van der Waals surface area contributed by atoms with Crippen LogP contribution in [0.2, 0.25) is 0 Å². The highest BCUT2D eigenvalue weighted by Crippen LogP contribution is 2.26. The highest BCUT2D eigenvalue weighted by atomic mass is 32.1. The van der Waals surface area contributed by atoms with Crippen LogP contribution in [0.1, 0.15) is 24.3 Å². The van der Waals surface area contributed by atoms with Crippen LogP contribution in [0, 0.1) is 6.92 Å². The first-order chi connectivity index (χ1) is 9.65. The fourth-order valence-electron chi connectivity index (χ4n) is 2.61. The van der Waals surface area contributed by atoms with Crippen LogP contribution in [-0.2, 0) is 11.3 Å². The van der Waals surface area contributed by atoms with E-state index in [0.717, 1.165) is 36.4 Å². The fourth-order valence-corrected chi connectivity index (χ4v) is 3.24. The Morgan fingerprint density at radius 2 is 2.50 bits per heavy atom. The summed E-state index contributed by atoms with van der Waals surface area (Å²) in [6.07, 6.45) is 1.84. The smallest absolute Gasteiger partial charge is 0.234 e. The third-order valence-corrected chi connectivity index (χ3v) is 4.39. The van der Waals surface area contributed by atoms with E-state index in [2.05, 4.69) is 9.88 Å². The molecule has 1 aliphatic rings. The SMILES string of the molecule is Cc1oc(-c2ccsc2)nc1CN1CCC[C@H]1C(N)=O. The van der Waals surface area contributed by atoms with Gasteiger partial charge in [0, 0.05) is 17.5 Å². The van der Waals surface area contributed by atoms with Crippen LogP contribution in [0.4, 0.5) is 0 Å². The molecule has 2 N–H and O–H groups in total. The lowest BCUT2D eigenvalue weighted by atomic mass is 10.2. The Balaban J connectivity index is 1.79. The Kier molecular flexibility index (Phi) is 3.58. The molecule has 3 rings (SSSR count). The number of amides is 1. The van der Waals surface area contributed by atoms with Crippen LogP contribution in [0.3, 0.4) is 0 Å². The molecule has 1 aliphatic heterocycles. The van der Waals surface area contributed by atoms with E-state index in [0.29, 0.717) is 12.4 Å². The van der Waals surface area contributed by atoms with E-state index in [1.807, 2.05) is 23.8 Å². The zero-order valence-electron chi connectivity index (χ0n) is 11.3. The number of carbonyl (C=O) groups excluding carboxylic acids is 1. The van der Waals surface area contributed by atoms with E-state index < -0.39 is 0 Å². The van der Waals surface area contributed by atoms with E-state index in [-0.39, 0.29) is 11.9 Å². The van der Waals surface area contributed by atoms with Crippen molar-refractivity contribution in [2.75, 3.05) is 6.54 Å². The van der Waals surface area contributed by atoms with Crippen LogP contribution in [0.25, 0.3) is 11.5 Å². The van der Waals surface area contributed by atoms with Gasteiger partial charge in [0.1, 0.15) is 5.76 Å². The van der Waals surface area contributed by atoms with Crippen LogP contribution in [-0.4, -0.2) is 28.4 Å². The summed E-state index contributed by atoms with van der Waals surface area (Å²) < 4.78 is 5.72. The van der Waals surface area contributed by atoms with E-state index in [1.165, 1.54) is 0 Å². The molecule has 0 aromatic carbocycles. The molecule has 1 amide bonds. The number of hydrogen-bond acceptors (Lipinski definition) is 5. The summed E-state index contributed by atoms with van der Waals surface area (Å²) in [7, 11) is 0. The molecule has 0 unspecified atom stereocenters. The average Bonchev–Trinajstić information content (AvgIpc) is 3.11. The van der Waals surface area contributed by atoms with Crippen molar-refractivity contribution in [1.82, 2.24) is 9.88 Å². The molecule has 3 heterocycles. The number of oxazole rings is 1. The van der Waals surface area contributed by atoms with E-state index in [1.54, 1.807) is 11.3 Å². The summed E-state index contributed by atoms with van der Waals surface area (Å²) in [5.74, 6) is 1.21. The first kappa shape index (κ1) is 13.3. The molecule has 5 nitrogen and oxygen atoms in total. The first-order valence-corrected chi connectivity index (χ1v) is 7.61. The number of carbonyl (C=O) groups is 1. The van der Waals surface area contributed by atoms with Crippen LogP contribution < -0.4 is 5.73 Å². The molecule has 20 heavy (non-hydrogen) atoms. The van der Waals surface area contributed by atoms with Crippen LogP contribution >= 0.6 is 11.3 Å². The van der Waals surface area contributed by atoms with Crippen molar-refractivity contribution >= 4 is 17.2 Å². The van der Waals surface area contributed by atoms with Gasteiger partial charge in [-0.25, -0.2) is 4.98 Å². The van der Waals surface area contributed by atoms with Crippen molar-refractivity contribution in [2.24, 2.45) is 5.73 Å². The number of aromatic nitrogens is 1. The van der Waals surface area contributed by atoms with Crippen molar-refractivity contribution < 1.29 is 9.21 Å². The van der Waals surface area contributed by atoms with Crippen molar-refractivity contribution in [1.29, 1.82) is 0 Å². The number of aryl methyl sites for hydroxylation is 1. The van der Waals surface area contributed by atoms with Gasteiger partial charge in [0.2, 0.25) is 11.8 Å². The number of nitrogens with zero attached hydrogens (tertiary/aromatic N) is 2. The molecule has 0 aliphatic carbocycles. The van der Waals surface area contributed by atoms with Crippen LogP contribution in [0.15, 0.2) is 21.2 Å².